The second-order valence-corrected chi connectivity index (χ2v) is 6.54. The molecule has 0 aliphatic carbocycles. The van der Waals surface area contributed by atoms with Gasteiger partial charge in [-0.05, 0) is 30.7 Å². The topological polar surface area (TPSA) is 72.8 Å². The van der Waals surface area contributed by atoms with Gasteiger partial charge in [0, 0.05) is 9.85 Å². The zero-order valence-corrected chi connectivity index (χ0v) is 15.7. The number of rotatable bonds is 7. The summed E-state index contributed by atoms with van der Waals surface area (Å²) in [6.45, 7) is 2.01. The molecule has 1 aromatic carbocycles. The van der Waals surface area contributed by atoms with Gasteiger partial charge in [-0.1, -0.05) is 15.9 Å². The molecule has 1 aromatic heterocycles. The van der Waals surface area contributed by atoms with Crippen molar-refractivity contribution in [2.45, 2.75) is 19.7 Å². The minimum atomic E-state index is -4.77. The van der Waals surface area contributed by atoms with E-state index < -0.39 is 6.36 Å². The van der Waals surface area contributed by atoms with E-state index in [1.807, 2.05) is 0 Å². The summed E-state index contributed by atoms with van der Waals surface area (Å²) in [6, 6.07) is 3.96. The van der Waals surface area contributed by atoms with Gasteiger partial charge in [0.15, 0.2) is 0 Å². The maximum absolute atomic E-state index is 12.3. The molecule has 0 aliphatic heterocycles. The van der Waals surface area contributed by atoms with Gasteiger partial charge in [0.05, 0.1) is 24.9 Å². The van der Waals surface area contributed by atoms with Crippen LogP contribution in [0, 0.1) is 0 Å². The van der Waals surface area contributed by atoms with Crippen LogP contribution in [0.15, 0.2) is 33.2 Å². The lowest BCUT2D eigenvalue weighted by atomic mass is 10.2. The second kappa shape index (κ2) is 8.99. The number of anilines is 1. The molecule has 0 atom stereocenters. The van der Waals surface area contributed by atoms with Crippen LogP contribution in [-0.4, -0.2) is 30.1 Å². The number of nitrogens with one attached hydrogen (secondary N) is 1. The number of benzene rings is 1. The number of ether oxygens (including phenoxy) is 2. The molecule has 140 valence electrons. The Labute approximate surface area is 159 Å². The van der Waals surface area contributed by atoms with Crippen molar-refractivity contribution < 1.29 is 27.4 Å². The highest BCUT2D eigenvalue weighted by molar-refractivity contribution is 9.10. The lowest BCUT2D eigenvalue weighted by molar-refractivity contribution is -0.274. The van der Waals surface area contributed by atoms with Crippen molar-refractivity contribution in [3.05, 3.63) is 39.3 Å². The van der Waals surface area contributed by atoms with Gasteiger partial charge in [0.25, 0.3) is 0 Å². The van der Waals surface area contributed by atoms with E-state index in [0.717, 1.165) is 0 Å². The highest BCUT2D eigenvalue weighted by Gasteiger charge is 2.31. The van der Waals surface area contributed by atoms with Gasteiger partial charge in [-0.3, -0.25) is 10.2 Å². The zero-order chi connectivity index (χ0) is 19.2. The molecule has 2 rings (SSSR count). The van der Waals surface area contributed by atoms with Crippen LogP contribution in [0.2, 0.25) is 0 Å². The highest BCUT2D eigenvalue weighted by Crippen LogP contribution is 2.26. The Balaban J connectivity index is 1.98. The summed E-state index contributed by atoms with van der Waals surface area (Å²) in [7, 11) is 0. The minimum absolute atomic E-state index is 0.0551. The first-order valence-corrected chi connectivity index (χ1v) is 8.88. The predicted molar refractivity (Wildman–Crippen MR) is 94.5 cm³/mol. The fraction of sp³-hybridized carbons (Fsp3) is 0.267. The van der Waals surface area contributed by atoms with Gasteiger partial charge in [-0.15, -0.1) is 24.5 Å². The summed E-state index contributed by atoms with van der Waals surface area (Å²) >= 11 is 4.35. The molecule has 0 saturated carbocycles. The van der Waals surface area contributed by atoms with Crippen LogP contribution in [0.3, 0.4) is 0 Å². The molecule has 1 heterocycles. The monoisotopic (exact) mass is 451 g/mol. The van der Waals surface area contributed by atoms with Crippen LogP contribution in [0.4, 0.5) is 18.3 Å². The van der Waals surface area contributed by atoms with Crippen molar-refractivity contribution in [1.29, 1.82) is 0 Å². The molecule has 26 heavy (non-hydrogen) atoms. The van der Waals surface area contributed by atoms with Crippen molar-refractivity contribution >= 4 is 44.6 Å². The van der Waals surface area contributed by atoms with Crippen LogP contribution >= 0.6 is 27.3 Å². The number of alkyl halides is 3. The Bertz CT molecular complexity index is 796. The molecule has 11 heteroatoms. The second-order valence-electron chi connectivity index (χ2n) is 4.76. The highest BCUT2D eigenvalue weighted by atomic mass is 79.9. The molecule has 1 N–H and O–H groups in total. The molecule has 0 fully saturated rings. The number of halogens is 4. The van der Waals surface area contributed by atoms with Crippen LogP contribution < -0.4 is 10.2 Å². The smallest absolute Gasteiger partial charge is 0.466 e. The van der Waals surface area contributed by atoms with E-state index in [1.54, 1.807) is 18.4 Å². The maximum Gasteiger partial charge on any atom is 0.573 e. The Kier molecular flexibility index (Phi) is 6.98. The summed E-state index contributed by atoms with van der Waals surface area (Å²) in [5.74, 6) is -0.738. The van der Waals surface area contributed by atoms with E-state index >= 15 is 0 Å². The predicted octanol–water partition coefficient (Wildman–Crippen LogP) is 4.36. The third-order valence-corrected chi connectivity index (χ3v) is 3.94. The first-order chi connectivity index (χ1) is 12.2. The molecule has 0 aliphatic rings. The van der Waals surface area contributed by atoms with Gasteiger partial charge in [-0.25, -0.2) is 4.98 Å². The molecule has 0 radical (unpaired) electrons. The van der Waals surface area contributed by atoms with E-state index in [4.69, 9.17) is 4.74 Å². The molecule has 2 aromatic rings. The number of nitrogens with zero attached hydrogens (tertiary/aromatic N) is 2. The SMILES string of the molecule is CCOC(=O)Cc1csc(NN=Cc2cc(Br)cc(OC(F)(F)F)c2)n1. The molecular weight excluding hydrogens is 439 g/mol. The van der Waals surface area contributed by atoms with Crippen molar-refractivity contribution in [3.63, 3.8) is 0 Å². The summed E-state index contributed by atoms with van der Waals surface area (Å²) in [5.41, 5.74) is 3.57. The molecule has 0 bridgehead atoms. The first-order valence-electron chi connectivity index (χ1n) is 7.20. The van der Waals surface area contributed by atoms with E-state index in [-0.39, 0.29) is 18.1 Å². The molecule has 6 nitrogen and oxygen atoms in total. The molecule has 0 spiro atoms. The fourth-order valence-electron chi connectivity index (χ4n) is 1.81. The normalized spacial score (nSPS) is 11.6. The van der Waals surface area contributed by atoms with Crippen LogP contribution in [0.5, 0.6) is 5.75 Å². The Morgan fingerprint density at radius 2 is 2.19 bits per heavy atom. The van der Waals surface area contributed by atoms with Crippen LogP contribution in [0.1, 0.15) is 18.2 Å². The molecule has 0 unspecified atom stereocenters. The molecule has 0 saturated heterocycles. The van der Waals surface area contributed by atoms with Gasteiger partial charge in [-0.2, -0.15) is 5.10 Å². The summed E-state index contributed by atoms with van der Waals surface area (Å²) in [4.78, 5) is 15.5. The van der Waals surface area contributed by atoms with Gasteiger partial charge in [0.2, 0.25) is 5.13 Å². The third-order valence-electron chi connectivity index (χ3n) is 2.68. The average Bonchev–Trinajstić information content (AvgIpc) is 2.92. The molecular formula is C15H13BrF3N3O3S. The quantitative estimate of drug-likeness (QED) is 0.384. The largest absolute Gasteiger partial charge is 0.573 e. The van der Waals surface area contributed by atoms with Crippen molar-refractivity contribution in [2.75, 3.05) is 12.0 Å². The number of carbonyl (C=O) groups is 1. The first kappa shape index (κ1) is 20.2. The third kappa shape index (κ3) is 7.00. The molecule has 0 amide bonds. The van der Waals surface area contributed by atoms with Crippen molar-refractivity contribution in [2.24, 2.45) is 5.10 Å². The lowest BCUT2D eigenvalue weighted by Gasteiger charge is -2.09. The Morgan fingerprint density at radius 1 is 1.42 bits per heavy atom. The summed E-state index contributed by atoms with van der Waals surface area (Å²) < 4.78 is 46.0. The van der Waals surface area contributed by atoms with Crippen molar-refractivity contribution in [3.8, 4) is 5.75 Å². The number of hydrazone groups is 1. The lowest BCUT2D eigenvalue weighted by Crippen LogP contribution is -2.17. The summed E-state index contributed by atoms with van der Waals surface area (Å²) in [5, 5.41) is 6.03. The van der Waals surface area contributed by atoms with Crippen LogP contribution in [-0.2, 0) is 16.0 Å². The van der Waals surface area contributed by atoms with Gasteiger partial charge < -0.3 is 9.47 Å². The minimum Gasteiger partial charge on any atom is -0.466 e. The van der Waals surface area contributed by atoms with Crippen LogP contribution in [0.25, 0.3) is 0 Å². The number of hydrogen-bond acceptors (Lipinski definition) is 7. The summed E-state index contributed by atoms with van der Waals surface area (Å²) in [6.07, 6.45) is -3.40. The van der Waals surface area contributed by atoms with E-state index in [1.165, 1.54) is 29.7 Å². The number of carbonyl (C=O) groups excluding carboxylic acids is 1. The van der Waals surface area contributed by atoms with Crippen molar-refractivity contribution in [1.82, 2.24) is 4.98 Å². The number of esters is 1. The standard InChI is InChI=1S/C15H13BrF3N3O3S/c1-2-24-13(23)6-11-8-26-14(21-11)22-20-7-9-3-10(16)5-12(4-9)25-15(17,18)19/h3-5,7-8H,2,6H2,1H3,(H,21,22). The van der Waals surface area contributed by atoms with E-state index in [0.29, 0.717) is 27.5 Å². The van der Waals surface area contributed by atoms with Gasteiger partial charge in [0.1, 0.15) is 5.75 Å². The number of thiazole rings is 1. The average molecular weight is 452 g/mol. The fourth-order valence-corrected chi connectivity index (χ4v) is 2.96. The van der Waals surface area contributed by atoms with Gasteiger partial charge >= 0.3 is 12.3 Å². The Hall–Kier alpha value is -2.14. The van der Waals surface area contributed by atoms with E-state index in [2.05, 4.69) is 36.2 Å². The maximum atomic E-state index is 12.3. The number of aromatic nitrogens is 1. The number of hydrogen-bond donors (Lipinski definition) is 1. The van der Waals surface area contributed by atoms with E-state index in [9.17, 15) is 18.0 Å². The zero-order valence-electron chi connectivity index (χ0n) is 13.3. The Morgan fingerprint density at radius 3 is 2.88 bits per heavy atom.